The van der Waals surface area contributed by atoms with E-state index in [0.29, 0.717) is 22.9 Å². The monoisotopic (exact) mass is 276 g/mol. The first-order valence-electron chi connectivity index (χ1n) is 5.61. The zero-order valence-corrected chi connectivity index (χ0v) is 11.1. The number of hydrogen-bond acceptors (Lipinski definition) is 5. The van der Waals surface area contributed by atoms with Crippen LogP contribution in [0.15, 0.2) is 22.9 Å². The Labute approximate surface area is 114 Å². The summed E-state index contributed by atoms with van der Waals surface area (Å²) in [5.74, 6) is 5.97. The molecule has 0 saturated carbocycles. The summed E-state index contributed by atoms with van der Waals surface area (Å²) in [5, 5.41) is 11.8. The fourth-order valence-electron chi connectivity index (χ4n) is 1.38. The van der Waals surface area contributed by atoms with Crippen molar-refractivity contribution in [2.75, 3.05) is 11.9 Å². The van der Waals surface area contributed by atoms with E-state index in [4.69, 9.17) is 9.52 Å². The molecular weight excluding hydrogens is 264 g/mol. The van der Waals surface area contributed by atoms with Crippen LogP contribution in [0.4, 0.5) is 5.13 Å². The SMILES string of the molecule is Cc1occc1C(=O)Nc1ncc(C#CCCO)s1. The van der Waals surface area contributed by atoms with Crippen LogP contribution < -0.4 is 5.32 Å². The first-order chi connectivity index (χ1) is 9.20. The highest BCUT2D eigenvalue weighted by Gasteiger charge is 2.12. The normalized spacial score (nSPS) is 9.79. The number of rotatable bonds is 3. The second-order valence-electron chi connectivity index (χ2n) is 3.65. The van der Waals surface area contributed by atoms with Gasteiger partial charge in [-0.15, -0.1) is 0 Å². The molecule has 0 aromatic carbocycles. The van der Waals surface area contributed by atoms with E-state index in [-0.39, 0.29) is 12.5 Å². The van der Waals surface area contributed by atoms with Gasteiger partial charge in [-0.25, -0.2) is 4.98 Å². The number of aromatic nitrogens is 1. The number of nitrogens with one attached hydrogen (secondary N) is 1. The van der Waals surface area contributed by atoms with Gasteiger partial charge in [-0.2, -0.15) is 0 Å². The summed E-state index contributed by atoms with van der Waals surface area (Å²) in [4.78, 5) is 16.7. The third kappa shape index (κ3) is 3.44. The summed E-state index contributed by atoms with van der Waals surface area (Å²) < 4.78 is 5.07. The van der Waals surface area contributed by atoms with Crippen LogP contribution in [0.1, 0.15) is 27.4 Å². The number of thiazole rings is 1. The van der Waals surface area contributed by atoms with Crippen molar-refractivity contribution >= 4 is 22.4 Å². The first-order valence-corrected chi connectivity index (χ1v) is 6.43. The second kappa shape index (κ2) is 6.18. The summed E-state index contributed by atoms with van der Waals surface area (Å²) in [7, 11) is 0. The molecule has 0 spiro atoms. The molecule has 0 saturated heterocycles. The Morgan fingerprint density at radius 2 is 2.47 bits per heavy atom. The number of aryl methyl sites for hydroxylation is 1. The Morgan fingerprint density at radius 1 is 1.63 bits per heavy atom. The van der Waals surface area contributed by atoms with E-state index in [1.165, 1.54) is 17.6 Å². The van der Waals surface area contributed by atoms with Gasteiger partial charge in [0.15, 0.2) is 5.13 Å². The van der Waals surface area contributed by atoms with Gasteiger partial charge in [-0.05, 0) is 13.0 Å². The van der Waals surface area contributed by atoms with Crippen LogP contribution in [0.25, 0.3) is 0 Å². The molecule has 1 amide bonds. The standard InChI is InChI=1S/C13H12N2O3S/c1-9-11(5-7-18-9)12(17)15-13-14-8-10(19-13)4-2-3-6-16/h5,7-8,16H,3,6H2,1H3,(H,14,15,17). The maximum atomic E-state index is 11.9. The van der Waals surface area contributed by atoms with Gasteiger partial charge < -0.3 is 9.52 Å². The number of hydrogen-bond donors (Lipinski definition) is 2. The number of aliphatic hydroxyl groups excluding tert-OH is 1. The molecule has 2 rings (SSSR count). The third-order valence-electron chi connectivity index (χ3n) is 2.28. The van der Waals surface area contributed by atoms with Crippen molar-refractivity contribution in [2.45, 2.75) is 13.3 Å². The summed E-state index contributed by atoms with van der Waals surface area (Å²) >= 11 is 1.29. The Morgan fingerprint density at radius 3 is 3.16 bits per heavy atom. The van der Waals surface area contributed by atoms with Gasteiger partial charge in [0, 0.05) is 6.42 Å². The highest BCUT2D eigenvalue weighted by atomic mass is 32.1. The minimum absolute atomic E-state index is 0.0369. The molecule has 2 heterocycles. The van der Waals surface area contributed by atoms with Gasteiger partial charge in [-0.1, -0.05) is 23.2 Å². The molecular formula is C13H12N2O3S. The third-order valence-corrected chi connectivity index (χ3v) is 3.11. The van der Waals surface area contributed by atoms with Crippen molar-refractivity contribution in [1.82, 2.24) is 4.98 Å². The smallest absolute Gasteiger partial charge is 0.260 e. The molecule has 6 heteroatoms. The Balaban J connectivity index is 2.03. The number of aliphatic hydroxyl groups is 1. The predicted molar refractivity (Wildman–Crippen MR) is 72.1 cm³/mol. The second-order valence-corrected chi connectivity index (χ2v) is 4.68. The average Bonchev–Trinajstić information content (AvgIpc) is 2.99. The molecule has 0 aliphatic carbocycles. The number of carbonyl (C=O) groups excluding carboxylic acids is 1. The lowest BCUT2D eigenvalue weighted by atomic mass is 10.2. The van der Waals surface area contributed by atoms with Crippen molar-refractivity contribution in [3.8, 4) is 11.8 Å². The fraction of sp³-hybridized carbons (Fsp3) is 0.231. The molecule has 2 aromatic heterocycles. The predicted octanol–water partition coefficient (Wildman–Crippen LogP) is 2.03. The maximum absolute atomic E-state index is 11.9. The maximum Gasteiger partial charge on any atom is 0.260 e. The van der Waals surface area contributed by atoms with Crippen LogP contribution in [-0.2, 0) is 0 Å². The highest BCUT2D eigenvalue weighted by Crippen LogP contribution is 2.19. The molecule has 0 radical (unpaired) electrons. The number of nitrogens with zero attached hydrogens (tertiary/aromatic N) is 1. The summed E-state index contributed by atoms with van der Waals surface area (Å²) in [5.41, 5.74) is 0.489. The van der Waals surface area contributed by atoms with Gasteiger partial charge in [0.1, 0.15) is 5.76 Å². The Bertz CT molecular complexity index is 634. The molecule has 0 aliphatic heterocycles. The summed E-state index contributed by atoms with van der Waals surface area (Å²) in [6, 6.07) is 1.61. The van der Waals surface area contributed by atoms with Crippen LogP contribution in [-0.4, -0.2) is 22.6 Å². The molecule has 5 nitrogen and oxygen atoms in total. The van der Waals surface area contributed by atoms with Crippen molar-refractivity contribution in [3.63, 3.8) is 0 Å². The number of anilines is 1. The van der Waals surface area contributed by atoms with E-state index in [9.17, 15) is 4.79 Å². The van der Waals surface area contributed by atoms with E-state index in [1.54, 1.807) is 19.2 Å². The Kier molecular flexibility index (Phi) is 4.34. The van der Waals surface area contributed by atoms with Crippen molar-refractivity contribution in [3.05, 3.63) is 34.7 Å². The molecule has 2 N–H and O–H groups in total. The summed E-state index contributed by atoms with van der Waals surface area (Å²) in [6.45, 7) is 1.76. The molecule has 2 aromatic rings. The zero-order chi connectivity index (χ0) is 13.7. The van der Waals surface area contributed by atoms with E-state index in [0.717, 1.165) is 4.88 Å². The topological polar surface area (TPSA) is 75.4 Å². The van der Waals surface area contributed by atoms with E-state index < -0.39 is 0 Å². The van der Waals surface area contributed by atoms with Crippen LogP contribution in [0.3, 0.4) is 0 Å². The van der Waals surface area contributed by atoms with Crippen molar-refractivity contribution in [1.29, 1.82) is 0 Å². The van der Waals surface area contributed by atoms with Crippen LogP contribution in [0, 0.1) is 18.8 Å². The molecule has 19 heavy (non-hydrogen) atoms. The molecule has 0 unspecified atom stereocenters. The van der Waals surface area contributed by atoms with E-state index >= 15 is 0 Å². The minimum atomic E-state index is -0.254. The van der Waals surface area contributed by atoms with Gasteiger partial charge in [0.25, 0.3) is 5.91 Å². The van der Waals surface area contributed by atoms with Crippen LogP contribution in [0.5, 0.6) is 0 Å². The van der Waals surface area contributed by atoms with Crippen LogP contribution in [0.2, 0.25) is 0 Å². The average molecular weight is 276 g/mol. The highest BCUT2D eigenvalue weighted by molar-refractivity contribution is 7.16. The lowest BCUT2D eigenvalue weighted by Crippen LogP contribution is -2.11. The molecule has 0 atom stereocenters. The lowest BCUT2D eigenvalue weighted by Gasteiger charge is -1.98. The fourth-order valence-corrected chi connectivity index (χ4v) is 2.07. The van der Waals surface area contributed by atoms with Gasteiger partial charge >= 0.3 is 0 Å². The van der Waals surface area contributed by atoms with Gasteiger partial charge in [-0.3, -0.25) is 10.1 Å². The Hall–Kier alpha value is -2.10. The number of amides is 1. The molecule has 0 bridgehead atoms. The van der Waals surface area contributed by atoms with E-state index in [1.807, 2.05) is 0 Å². The zero-order valence-electron chi connectivity index (χ0n) is 10.3. The quantitative estimate of drug-likeness (QED) is 0.841. The molecule has 0 fully saturated rings. The molecule has 0 aliphatic rings. The van der Waals surface area contributed by atoms with Crippen molar-refractivity contribution in [2.24, 2.45) is 0 Å². The largest absolute Gasteiger partial charge is 0.469 e. The minimum Gasteiger partial charge on any atom is -0.469 e. The lowest BCUT2D eigenvalue weighted by molar-refractivity contribution is 0.102. The first kappa shape index (κ1) is 13.3. The van der Waals surface area contributed by atoms with Gasteiger partial charge in [0.2, 0.25) is 0 Å². The van der Waals surface area contributed by atoms with Gasteiger partial charge in [0.05, 0.1) is 29.5 Å². The number of furan rings is 1. The number of carbonyl (C=O) groups is 1. The van der Waals surface area contributed by atoms with E-state index in [2.05, 4.69) is 22.1 Å². The van der Waals surface area contributed by atoms with Crippen LogP contribution >= 0.6 is 11.3 Å². The summed E-state index contributed by atoms with van der Waals surface area (Å²) in [6.07, 6.45) is 3.48. The van der Waals surface area contributed by atoms with Crippen molar-refractivity contribution < 1.29 is 14.3 Å². The molecule has 98 valence electrons.